The van der Waals surface area contributed by atoms with Crippen LogP contribution >= 0.6 is 15.9 Å². The van der Waals surface area contributed by atoms with Gasteiger partial charge in [0.2, 0.25) is 0 Å². The van der Waals surface area contributed by atoms with Gasteiger partial charge in [-0.3, -0.25) is 5.84 Å². The van der Waals surface area contributed by atoms with Crippen molar-refractivity contribution >= 4 is 15.9 Å². The molecule has 0 saturated heterocycles. The Morgan fingerprint density at radius 2 is 1.71 bits per heavy atom. The Morgan fingerprint density at radius 1 is 1.10 bits per heavy atom. The molecule has 0 amide bonds. The molecule has 0 saturated carbocycles. The smallest absolute Gasteiger partial charge is 0.127 e. The highest BCUT2D eigenvalue weighted by Gasteiger charge is 2.23. The van der Waals surface area contributed by atoms with E-state index in [1.54, 1.807) is 14.2 Å². The van der Waals surface area contributed by atoms with Crippen molar-refractivity contribution < 1.29 is 9.47 Å². The van der Waals surface area contributed by atoms with Gasteiger partial charge in [-0.1, -0.05) is 34.1 Å². The molecule has 0 aliphatic heterocycles. The molecule has 0 spiro atoms. The summed E-state index contributed by atoms with van der Waals surface area (Å²) in [7, 11) is 3.27. The van der Waals surface area contributed by atoms with Crippen molar-refractivity contribution in [1.29, 1.82) is 0 Å². The molecule has 2 aromatic carbocycles. The van der Waals surface area contributed by atoms with E-state index in [1.165, 1.54) is 5.56 Å². The number of nitrogens with two attached hydrogens (primary N) is 1. The summed E-state index contributed by atoms with van der Waals surface area (Å²) in [5.41, 5.74) is 5.92. The van der Waals surface area contributed by atoms with Crippen molar-refractivity contribution in [1.82, 2.24) is 5.43 Å². The molecule has 0 bridgehead atoms. The van der Waals surface area contributed by atoms with Gasteiger partial charge < -0.3 is 9.47 Å². The molecule has 0 radical (unpaired) electrons. The third kappa shape index (κ3) is 3.20. The predicted octanol–water partition coefficient (Wildman–Crippen LogP) is 3.33. The first-order valence-corrected chi connectivity index (χ1v) is 7.34. The van der Waals surface area contributed by atoms with Crippen LogP contribution in [0.1, 0.15) is 22.7 Å². The fourth-order valence-corrected chi connectivity index (χ4v) is 3.08. The highest BCUT2D eigenvalue weighted by Crippen LogP contribution is 2.39. The van der Waals surface area contributed by atoms with Crippen LogP contribution < -0.4 is 20.7 Å². The number of hydrogen-bond donors (Lipinski definition) is 2. The fourth-order valence-electron chi connectivity index (χ4n) is 2.36. The molecule has 1 atom stereocenters. The minimum Gasteiger partial charge on any atom is -0.496 e. The zero-order valence-electron chi connectivity index (χ0n) is 12.3. The summed E-state index contributed by atoms with van der Waals surface area (Å²) < 4.78 is 11.9. The van der Waals surface area contributed by atoms with Crippen molar-refractivity contribution in [3.05, 3.63) is 57.6 Å². The Morgan fingerprint density at radius 3 is 2.19 bits per heavy atom. The second-order valence-corrected chi connectivity index (χ2v) is 5.56. The molecule has 0 aromatic heterocycles. The van der Waals surface area contributed by atoms with Crippen LogP contribution in [-0.4, -0.2) is 14.2 Å². The quantitative estimate of drug-likeness (QED) is 0.641. The van der Waals surface area contributed by atoms with Gasteiger partial charge in [-0.25, -0.2) is 5.43 Å². The van der Waals surface area contributed by atoms with Crippen molar-refractivity contribution in [2.45, 2.75) is 13.0 Å². The topological polar surface area (TPSA) is 56.5 Å². The van der Waals surface area contributed by atoms with E-state index in [1.807, 2.05) is 37.3 Å². The number of nitrogens with one attached hydrogen (secondary N) is 1. The SMILES string of the molecule is COc1cccc(OC)c1C(NN)c1ccc(C)cc1Br. The third-order valence-corrected chi connectivity index (χ3v) is 4.07. The predicted molar refractivity (Wildman–Crippen MR) is 87.6 cm³/mol. The van der Waals surface area contributed by atoms with Gasteiger partial charge in [0, 0.05) is 4.47 Å². The molecule has 0 aliphatic rings. The van der Waals surface area contributed by atoms with E-state index < -0.39 is 0 Å². The lowest BCUT2D eigenvalue weighted by molar-refractivity contribution is 0.377. The van der Waals surface area contributed by atoms with E-state index in [2.05, 4.69) is 27.4 Å². The molecular weight excluding hydrogens is 332 g/mol. The summed E-state index contributed by atoms with van der Waals surface area (Å²) in [6.07, 6.45) is 0. The molecule has 4 nitrogen and oxygen atoms in total. The van der Waals surface area contributed by atoms with Crippen molar-refractivity contribution in [3.8, 4) is 11.5 Å². The van der Waals surface area contributed by atoms with Crippen LogP contribution in [0.15, 0.2) is 40.9 Å². The van der Waals surface area contributed by atoms with Gasteiger partial charge in [0.25, 0.3) is 0 Å². The van der Waals surface area contributed by atoms with Crippen LogP contribution in [0.2, 0.25) is 0 Å². The van der Waals surface area contributed by atoms with Gasteiger partial charge >= 0.3 is 0 Å². The van der Waals surface area contributed by atoms with Gasteiger partial charge in [0.15, 0.2) is 0 Å². The minimum absolute atomic E-state index is 0.244. The molecule has 3 N–H and O–H groups in total. The maximum atomic E-state index is 5.81. The number of hydrogen-bond acceptors (Lipinski definition) is 4. The van der Waals surface area contributed by atoms with E-state index in [0.29, 0.717) is 0 Å². The Kier molecular flexibility index (Phi) is 5.22. The second-order valence-electron chi connectivity index (χ2n) is 4.70. The Balaban J connectivity index is 2.61. The van der Waals surface area contributed by atoms with Crippen molar-refractivity contribution in [2.24, 2.45) is 5.84 Å². The Labute approximate surface area is 133 Å². The normalized spacial score (nSPS) is 12.0. The summed E-state index contributed by atoms with van der Waals surface area (Å²) in [6.45, 7) is 2.04. The van der Waals surface area contributed by atoms with Gasteiger partial charge in [-0.15, -0.1) is 0 Å². The van der Waals surface area contributed by atoms with Crippen molar-refractivity contribution in [3.63, 3.8) is 0 Å². The molecule has 0 aliphatic carbocycles. The monoisotopic (exact) mass is 350 g/mol. The molecule has 112 valence electrons. The number of halogens is 1. The summed E-state index contributed by atoms with van der Waals surface area (Å²) in [5.74, 6) is 7.26. The first-order valence-electron chi connectivity index (χ1n) is 6.55. The first-order chi connectivity index (χ1) is 10.1. The average Bonchev–Trinajstić information content (AvgIpc) is 2.49. The zero-order valence-corrected chi connectivity index (χ0v) is 13.9. The lowest BCUT2D eigenvalue weighted by Gasteiger charge is -2.23. The summed E-state index contributed by atoms with van der Waals surface area (Å²) in [4.78, 5) is 0. The van der Waals surface area contributed by atoms with Crippen LogP contribution in [-0.2, 0) is 0 Å². The van der Waals surface area contributed by atoms with Gasteiger partial charge in [0.05, 0.1) is 25.8 Å². The van der Waals surface area contributed by atoms with Gasteiger partial charge in [-0.05, 0) is 36.2 Å². The Hall–Kier alpha value is -1.56. The largest absolute Gasteiger partial charge is 0.496 e. The second kappa shape index (κ2) is 6.93. The van der Waals surface area contributed by atoms with Crippen LogP contribution in [0, 0.1) is 6.92 Å². The molecular formula is C16H19BrN2O2. The Bertz CT molecular complexity index is 609. The number of ether oxygens (including phenoxy) is 2. The van der Waals surface area contributed by atoms with E-state index in [-0.39, 0.29) is 6.04 Å². The van der Waals surface area contributed by atoms with Crippen LogP contribution in [0.3, 0.4) is 0 Å². The molecule has 5 heteroatoms. The average molecular weight is 351 g/mol. The molecule has 2 aromatic rings. The van der Waals surface area contributed by atoms with Gasteiger partial charge in [0.1, 0.15) is 11.5 Å². The molecule has 0 heterocycles. The summed E-state index contributed by atoms with van der Waals surface area (Å²) in [5, 5.41) is 0. The highest BCUT2D eigenvalue weighted by molar-refractivity contribution is 9.10. The molecule has 1 unspecified atom stereocenters. The fraction of sp³-hybridized carbons (Fsp3) is 0.250. The maximum Gasteiger partial charge on any atom is 0.127 e. The maximum absolute atomic E-state index is 5.81. The van der Waals surface area contributed by atoms with E-state index in [4.69, 9.17) is 15.3 Å². The number of hydrazine groups is 1. The van der Waals surface area contributed by atoms with Gasteiger partial charge in [-0.2, -0.15) is 0 Å². The zero-order chi connectivity index (χ0) is 15.4. The number of rotatable bonds is 5. The minimum atomic E-state index is -0.244. The standard InChI is InChI=1S/C16H19BrN2O2/c1-10-7-8-11(12(17)9-10)16(19-18)15-13(20-2)5-4-6-14(15)21-3/h4-9,16,19H,18H2,1-3H3. The first kappa shape index (κ1) is 15.8. The lowest BCUT2D eigenvalue weighted by Crippen LogP contribution is -2.29. The highest BCUT2D eigenvalue weighted by atomic mass is 79.9. The molecule has 2 rings (SSSR count). The summed E-state index contributed by atoms with van der Waals surface area (Å²) in [6, 6.07) is 11.6. The van der Waals surface area contributed by atoms with Crippen LogP contribution in [0.25, 0.3) is 0 Å². The van der Waals surface area contributed by atoms with Crippen LogP contribution in [0.4, 0.5) is 0 Å². The van der Waals surface area contributed by atoms with E-state index in [9.17, 15) is 0 Å². The van der Waals surface area contributed by atoms with E-state index >= 15 is 0 Å². The number of methoxy groups -OCH3 is 2. The summed E-state index contributed by atoms with van der Waals surface area (Å²) >= 11 is 3.60. The van der Waals surface area contributed by atoms with Crippen molar-refractivity contribution in [2.75, 3.05) is 14.2 Å². The third-order valence-electron chi connectivity index (χ3n) is 3.39. The lowest BCUT2D eigenvalue weighted by atomic mass is 9.96. The van der Waals surface area contributed by atoms with E-state index in [0.717, 1.165) is 27.1 Å². The number of benzene rings is 2. The molecule has 21 heavy (non-hydrogen) atoms. The van der Waals surface area contributed by atoms with Crippen LogP contribution in [0.5, 0.6) is 11.5 Å². The number of aryl methyl sites for hydroxylation is 1. The molecule has 0 fully saturated rings.